The molecule has 0 fully saturated rings. The summed E-state index contributed by atoms with van der Waals surface area (Å²) in [6.07, 6.45) is -1.26. The monoisotopic (exact) mass is 282 g/mol. The fraction of sp³-hybridized carbons (Fsp3) is 0.200. The lowest BCUT2D eigenvalue weighted by atomic mass is 10.00. The zero-order valence-corrected chi connectivity index (χ0v) is 10.7. The number of benzene rings is 2. The van der Waals surface area contributed by atoms with Crippen molar-refractivity contribution in [1.29, 1.82) is 0 Å². The lowest BCUT2D eigenvalue weighted by Gasteiger charge is -2.15. The third kappa shape index (κ3) is 2.93. The minimum atomic E-state index is -1.21. The fourth-order valence-corrected chi connectivity index (χ4v) is 2.01. The van der Waals surface area contributed by atoms with E-state index in [0.29, 0.717) is 5.56 Å². The highest BCUT2D eigenvalue weighted by Crippen LogP contribution is 2.30. The Morgan fingerprint density at radius 3 is 2.45 bits per heavy atom. The summed E-state index contributed by atoms with van der Waals surface area (Å²) in [6, 6.07) is 7.47. The first-order chi connectivity index (χ1) is 9.52. The summed E-state index contributed by atoms with van der Waals surface area (Å²) < 4.78 is 44.7. The van der Waals surface area contributed by atoms with E-state index in [1.54, 1.807) is 0 Å². The van der Waals surface area contributed by atoms with Crippen molar-refractivity contribution in [1.82, 2.24) is 0 Å². The van der Waals surface area contributed by atoms with Crippen LogP contribution in [0.1, 0.15) is 17.2 Å². The minimum absolute atomic E-state index is 0.000247. The molecule has 2 nitrogen and oxygen atoms in total. The van der Waals surface area contributed by atoms with Gasteiger partial charge in [-0.1, -0.05) is 12.1 Å². The molecule has 0 saturated heterocycles. The van der Waals surface area contributed by atoms with Crippen LogP contribution in [0.4, 0.5) is 13.2 Å². The van der Waals surface area contributed by atoms with Gasteiger partial charge in [0, 0.05) is 6.42 Å². The van der Waals surface area contributed by atoms with Crippen molar-refractivity contribution in [3.05, 3.63) is 65.0 Å². The molecule has 0 aromatic heterocycles. The molecule has 5 heteroatoms. The average Bonchev–Trinajstić information content (AvgIpc) is 2.42. The number of hydrogen-bond donors (Lipinski definition) is 1. The first kappa shape index (κ1) is 14.4. The van der Waals surface area contributed by atoms with Crippen molar-refractivity contribution < 1.29 is 23.0 Å². The predicted molar refractivity (Wildman–Crippen MR) is 68.0 cm³/mol. The summed E-state index contributed by atoms with van der Waals surface area (Å²) in [4.78, 5) is 0. The van der Waals surface area contributed by atoms with Gasteiger partial charge in [0.25, 0.3) is 0 Å². The van der Waals surface area contributed by atoms with E-state index in [1.807, 2.05) is 0 Å². The molecule has 1 atom stereocenters. The summed E-state index contributed by atoms with van der Waals surface area (Å²) >= 11 is 0. The molecule has 1 unspecified atom stereocenters. The molecule has 0 heterocycles. The number of aliphatic hydroxyl groups excluding tert-OH is 1. The van der Waals surface area contributed by atoms with E-state index < -0.39 is 23.6 Å². The van der Waals surface area contributed by atoms with E-state index in [-0.39, 0.29) is 17.7 Å². The Hall–Kier alpha value is -2.01. The Morgan fingerprint density at radius 2 is 1.80 bits per heavy atom. The van der Waals surface area contributed by atoms with Crippen LogP contribution in [0.15, 0.2) is 36.4 Å². The molecular formula is C15H13F3O2. The van der Waals surface area contributed by atoms with Crippen molar-refractivity contribution in [3.8, 4) is 5.75 Å². The lowest BCUT2D eigenvalue weighted by molar-refractivity contribution is 0.168. The zero-order chi connectivity index (χ0) is 14.7. The summed E-state index contributed by atoms with van der Waals surface area (Å²) in [5, 5.41) is 10.1. The Bertz CT molecular complexity index is 614. The second kappa shape index (κ2) is 5.96. The first-order valence-electron chi connectivity index (χ1n) is 5.97. The smallest absolute Gasteiger partial charge is 0.159 e. The maximum Gasteiger partial charge on any atom is 0.159 e. The van der Waals surface area contributed by atoms with E-state index in [1.165, 1.54) is 31.4 Å². The van der Waals surface area contributed by atoms with Gasteiger partial charge >= 0.3 is 0 Å². The molecule has 106 valence electrons. The van der Waals surface area contributed by atoms with Crippen LogP contribution in [0.3, 0.4) is 0 Å². The van der Waals surface area contributed by atoms with Crippen molar-refractivity contribution in [3.63, 3.8) is 0 Å². The van der Waals surface area contributed by atoms with Gasteiger partial charge in [0.2, 0.25) is 0 Å². The van der Waals surface area contributed by atoms with Gasteiger partial charge in [0.1, 0.15) is 11.6 Å². The molecule has 0 spiro atoms. The first-order valence-corrected chi connectivity index (χ1v) is 5.97. The van der Waals surface area contributed by atoms with E-state index in [2.05, 4.69) is 0 Å². The Labute approximate surface area is 114 Å². The molecule has 0 amide bonds. The van der Waals surface area contributed by atoms with E-state index in [9.17, 15) is 18.3 Å². The standard InChI is InChI=1S/C15H13F3O2/c1-20-14-4-2-3-11(17)15(14)13(19)8-9-5-6-10(16)12(18)7-9/h2-7,13,19H,8H2,1H3. The van der Waals surface area contributed by atoms with Gasteiger partial charge in [0.15, 0.2) is 11.6 Å². The quantitative estimate of drug-likeness (QED) is 0.931. The van der Waals surface area contributed by atoms with Crippen molar-refractivity contribution in [2.45, 2.75) is 12.5 Å². The molecule has 2 aromatic rings. The highest BCUT2D eigenvalue weighted by atomic mass is 19.2. The summed E-state index contributed by atoms with van der Waals surface area (Å²) in [5.74, 6) is -2.37. The SMILES string of the molecule is COc1cccc(F)c1C(O)Cc1ccc(F)c(F)c1. The van der Waals surface area contributed by atoms with Gasteiger partial charge in [-0.05, 0) is 29.8 Å². The van der Waals surface area contributed by atoms with Gasteiger partial charge in [-0.25, -0.2) is 13.2 Å². The van der Waals surface area contributed by atoms with Gasteiger partial charge < -0.3 is 9.84 Å². The van der Waals surface area contributed by atoms with Crippen LogP contribution < -0.4 is 4.74 Å². The van der Waals surface area contributed by atoms with Crippen LogP contribution in [-0.2, 0) is 6.42 Å². The number of methoxy groups -OCH3 is 1. The van der Waals surface area contributed by atoms with Crippen LogP contribution in [0.2, 0.25) is 0 Å². The molecule has 1 N–H and O–H groups in total. The van der Waals surface area contributed by atoms with Gasteiger partial charge in [-0.2, -0.15) is 0 Å². The highest BCUT2D eigenvalue weighted by molar-refractivity contribution is 5.37. The third-order valence-corrected chi connectivity index (χ3v) is 2.98. The highest BCUT2D eigenvalue weighted by Gasteiger charge is 2.19. The third-order valence-electron chi connectivity index (χ3n) is 2.98. The normalized spacial score (nSPS) is 12.2. The molecule has 0 aliphatic rings. The van der Waals surface area contributed by atoms with Crippen LogP contribution in [0, 0.1) is 17.5 Å². The summed E-state index contributed by atoms with van der Waals surface area (Å²) in [6.45, 7) is 0. The molecule has 0 aliphatic heterocycles. The van der Waals surface area contributed by atoms with Crippen LogP contribution in [0.5, 0.6) is 5.75 Å². The molecule has 20 heavy (non-hydrogen) atoms. The number of ether oxygens (including phenoxy) is 1. The van der Waals surface area contributed by atoms with Crippen molar-refractivity contribution in [2.75, 3.05) is 7.11 Å². The molecule has 0 aliphatic carbocycles. The van der Waals surface area contributed by atoms with Gasteiger partial charge in [-0.15, -0.1) is 0 Å². The zero-order valence-electron chi connectivity index (χ0n) is 10.7. The average molecular weight is 282 g/mol. The van der Waals surface area contributed by atoms with Gasteiger partial charge in [-0.3, -0.25) is 0 Å². The van der Waals surface area contributed by atoms with Gasteiger partial charge in [0.05, 0.1) is 18.8 Å². The van der Waals surface area contributed by atoms with E-state index in [4.69, 9.17) is 4.74 Å². The lowest BCUT2D eigenvalue weighted by Crippen LogP contribution is -2.07. The number of aliphatic hydroxyl groups is 1. The molecule has 0 radical (unpaired) electrons. The molecule has 2 rings (SSSR count). The maximum atomic E-state index is 13.8. The second-order valence-corrected chi connectivity index (χ2v) is 4.32. The predicted octanol–water partition coefficient (Wildman–Crippen LogP) is 3.39. The van der Waals surface area contributed by atoms with Crippen LogP contribution in [0.25, 0.3) is 0 Å². The number of halogens is 3. The summed E-state index contributed by atoms with van der Waals surface area (Å²) in [7, 11) is 1.36. The number of hydrogen-bond acceptors (Lipinski definition) is 2. The number of rotatable bonds is 4. The fourth-order valence-electron chi connectivity index (χ4n) is 2.01. The molecule has 0 bridgehead atoms. The van der Waals surface area contributed by atoms with Crippen LogP contribution >= 0.6 is 0 Å². The Kier molecular flexibility index (Phi) is 4.29. The minimum Gasteiger partial charge on any atom is -0.496 e. The molecular weight excluding hydrogens is 269 g/mol. The maximum absolute atomic E-state index is 13.8. The Morgan fingerprint density at radius 1 is 1.05 bits per heavy atom. The van der Waals surface area contributed by atoms with E-state index >= 15 is 0 Å². The largest absolute Gasteiger partial charge is 0.496 e. The van der Waals surface area contributed by atoms with Crippen molar-refractivity contribution >= 4 is 0 Å². The Balaban J connectivity index is 2.28. The molecule has 0 saturated carbocycles. The topological polar surface area (TPSA) is 29.5 Å². The second-order valence-electron chi connectivity index (χ2n) is 4.32. The molecule has 2 aromatic carbocycles. The summed E-state index contributed by atoms with van der Waals surface area (Å²) in [5.41, 5.74) is 0.362. The van der Waals surface area contributed by atoms with E-state index in [0.717, 1.165) is 12.1 Å². The van der Waals surface area contributed by atoms with Crippen LogP contribution in [-0.4, -0.2) is 12.2 Å². The van der Waals surface area contributed by atoms with Crippen molar-refractivity contribution in [2.24, 2.45) is 0 Å².